The summed E-state index contributed by atoms with van der Waals surface area (Å²) in [7, 11) is -0.701. The van der Waals surface area contributed by atoms with E-state index < -0.39 is 18.1 Å². The Morgan fingerprint density at radius 3 is 1.08 bits per heavy atom. The summed E-state index contributed by atoms with van der Waals surface area (Å²) in [6.07, 6.45) is 4.52. The van der Waals surface area contributed by atoms with E-state index in [1.807, 2.05) is 24.3 Å². The molecule has 5 aromatic carbocycles. The summed E-state index contributed by atoms with van der Waals surface area (Å²) in [5.74, 6) is -0.684. The topological polar surface area (TPSA) is 68.3 Å². The van der Waals surface area contributed by atoms with Gasteiger partial charge in [0.05, 0.1) is 0 Å². The van der Waals surface area contributed by atoms with Gasteiger partial charge in [-0.1, -0.05) is 48.5 Å². The molecule has 0 saturated heterocycles. The van der Waals surface area contributed by atoms with E-state index in [1.165, 1.54) is 79.2 Å². The Kier molecular flexibility index (Phi) is 14.6. The minimum Gasteiger partial charge on any atom is -0.285 e. The molecule has 0 N–H and O–H groups in total. The maximum atomic E-state index is 11.8. The van der Waals surface area contributed by atoms with Gasteiger partial charge in [-0.2, -0.15) is 42.2 Å². The molecule has 0 unspecified atom stereocenters. The van der Waals surface area contributed by atoms with Crippen molar-refractivity contribution < 1.29 is 19.2 Å². The SMILES string of the molecule is Cc1c(C)c(C)c(C)c(C)c1C.O=C(Br)C(=O)Br.O=C1C(=O)c2ccc3c4c(ccc1c24)CC3.[Br][Al]([Br])[Br].c1cc2c3c(cccc3c1)CC2. The lowest BCUT2D eigenvalue weighted by atomic mass is 9.90. The number of ketones is 2. The third kappa shape index (κ3) is 9.05. The molecule has 0 saturated carbocycles. The lowest BCUT2D eigenvalue weighted by Crippen LogP contribution is -2.06. The highest BCUT2D eigenvalue weighted by atomic mass is 80.0. The Morgan fingerprint density at radius 1 is 0.480 bits per heavy atom. The third-order valence-corrected chi connectivity index (χ3v) is 11.2. The number of halogens is 5. The lowest BCUT2D eigenvalue weighted by Gasteiger charge is -2.15. The fraction of sp³-hybridized carbons (Fsp3) is 0.250. The van der Waals surface area contributed by atoms with Crippen LogP contribution in [0.2, 0.25) is 0 Å². The van der Waals surface area contributed by atoms with Crippen molar-refractivity contribution in [1.82, 2.24) is 0 Å². The Hall–Kier alpha value is -1.77. The van der Waals surface area contributed by atoms with Gasteiger partial charge in [-0.25, -0.2) is 0 Å². The quantitative estimate of drug-likeness (QED) is 0.0953. The van der Waals surface area contributed by atoms with Gasteiger partial charge in [0.2, 0.25) is 11.6 Å². The predicted molar refractivity (Wildman–Crippen MR) is 227 cm³/mol. The van der Waals surface area contributed by atoms with Gasteiger partial charge in [-0.05, 0) is 151 Å². The van der Waals surface area contributed by atoms with Crippen molar-refractivity contribution in [3.8, 4) is 0 Å². The van der Waals surface area contributed by atoms with Crippen LogP contribution in [-0.4, -0.2) is 29.6 Å². The second kappa shape index (κ2) is 17.8. The van der Waals surface area contributed by atoms with Crippen LogP contribution in [0, 0.1) is 41.5 Å². The molecule has 4 nitrogen and oxygen atoms in total. The van der Waals surface area contributed by atoms with Crippen molar-refractivity contribution in [3.05, 3.63) is 127 Å². The van der Waals surface area contributed by atoms with Gasteiger partial charge in [0.1, 0.15) is 0 Å². The third-order valence-electron chi connectivity index (χ3n) is 9.96. The van der Waals surface area contributed by atoms with E-state index in [1.54, 1.807) is 0 Å². The van der Waals surface area contributed by atoms with Crippen LogP contribution < -0.4 is 0 Å². The summed E-state index contributed by atoms with van der Waals surface area (Å²) in [5, 5.41) is 4.99. The van der Waals surface area contributed by atoms with E-state index in [-0.39, 0.29) is 11.6 Å². The van der Waals surface area contributed by atoms with E-state index in [0.29, 0.717) is 11.1 Å². The minimum absolute atomic E-state index is 0.342. The summed E-state index contributed by atoms with van der Waals surface area (Å²) < 4.78 is -1.30. The molecule has 0 bridgehead atoms. The molecule has 3 aliphatic rings. The number of carbonyl (C=O) groups is 4. The fourth-order valence-electron chi connectivity index (χ4n) is 6.83. The molecule has 258 valence electrons. The molecule has 0 spiro atoms. The van der Waals surface area contributed by atoms with Crippen LogP contribution >= 0.6 is 74.0 Å². The largest absolute Gasteiger partial charge is 0.542 e. The smallest absolute Gasteiger partial charge is 0.285 e. The highest BCUT2D eigenvalue weighted by molar-refractivity contribution is 9.69. The van der Waals surface area contributed by atoms with Gasteiger partial charge >= 0.3 is 8.67 Å². The van der Waals surface area contributed by atoms with Crippen molar-refractivity contribution in [3.63, 3.8) is 0 Å². The van der Waals surface area contributed by atoms with Crippen LogP contribution in [0.3, 0.4) is 0 Å². The zero-order chi connectivity index (χ0) is 37.0. The van der Waals surface area contributed by atoms with Crippen LogP contribution in [0.1, 0.15) is 76.4 Å². The molecule has 3 aliphatic carbocycles. The van der Waals surface area contributed by atoms with Gasteiger partial charge < -0.3 is 0 Å². The molecule has 0 radical (unpaired) electrons. The number of hydrogen-bond acceptors (Lipinski definition) is 4. The van der Waals surface area contributed by atoms with Gasteiger partial charge in [0, 0.05) is 48.4 Å². The molecular weight excluding hydrogens is 971 g/mol. The van der Waals surface area contributed by atoms with Crippen molar-refractivity contribution in [1.29, 1.82) is 0 Å². The van der Waals surface area contributed by atoms with Crippen LogP contribution in [0.15, 0.2) is 60.7 Å². The first-order valence-corrected chi connectivity index (χ1v) is 27.2. The van der Waals surface area contributed by atoms with E-state index in [0.717, 1.165) is 23.6 Å². The average molecular weight is 1010 g/mol. The van der Waals surface area contributed by atoms with Crippen molar-refractivity contribution in [2.24, 2.45) is 0 Å². The molecule has 0 heterocycles. The van der Waals surface area contributed by atoms with Gasteiger partial charge in [-0.15, -0.1) is 0 Å². The molecule has 8 rings (SSSR count). The summed E-state index contributed by atoms with van der Waals surface area (Å²) in [6, 6.07) is 20.8. The highest BCUT2D eigenvalue weighted by Gasteiger charge is 2.33. The molecule has 0 amide bonds. The predicted octanol–water partition coefficient (Wildman–Crippen LogP) is 11.8. The zero-order valence-corrected chi connectivity index (χ0v) is 37.8. The van der Waals surface area contributed by atoms with Crippen LogP contribution in [-0.2, 0) is 35.3 Å². The van der Waals surface area contributed by atoms with Crippen molar-refractivity contribution in [2.75, 3.05) is 0 Å². The molecule has 10 heteroatoms. The van der Waals surface area contributed by atoms with Gasteiger partial charge in [0.25, 0.3) is 9.39 Å². The Morgan fingerprint density at radius 2 is 0.780 bits per heavy atom. The van der Waals surface area contributed by atoms with E-state index in [2.05, 4.69) is 152 Å². The first-order chi connectivity index (χ1) is 23.6. The van der Waals surface area contributed by atoms with E-state index >= 15 is 0 Å². The number of benzene rings is 5. The van der Waals surface area contributed by atoms with E-state index in [9.17, 15) is 19.2 Å². The lowest BCUT2D eigenvalue weighted by molar-refractivity contribution is -0.125. The first-order valence-electron chi connectivity index (χ1n) is 16.1. The number of Topliss-reactive ketones (excluding diaryl/α,β-unsaturated/α-hetero) is 2. The second-order valence-electron chi connectivity index (χ2n) is 12.4. The van der Waals surface area contributed by atoms with Crippen molar-refractivity contribution in [2.45, 2.75) is 67.2 Å². The molecule has 50 heavy (non-hydrogen) atoms. The van der Waals surface area contributed by atoms with Gasteiger partial charge in [0.15, 0.2) is 0 Å². The Bertz CT molecular complexity index is 1960. The minimum atomic E-state index is -0.701. The normalized spacial score (nSPS) is 12.6. The van der Waals surface area contributed by atoms with E-state index in [4.69, 9.17) is 0 Å². The number of aryl methyl sites for hydroxylation is 4. The first kappa shape index (κ1) is 41.0. The molecule has 0 atom stereocenters. The number of rotatable bonds is 1. The standard InChI is InChI=1S/C14H8O2.C12H10.C12H18.C2Br2O2.Al.3BrH/c15-13-9-5-3-7-1-2-8-4-6-10(14(13)16)12(9)11(7)8;1-3-9-4-2-6-11-8-7-10(5-1)12(9)11;1-7-8(2)10(4)12(6)11(5)9(7)3;3-1(5)2(4)6;;;;/h3-6H,1-2H2;1-6H,7-8H2;1-6H3;;;3*1H/q;;;;+3;;;/p-3. The summed E-state index contributed by atoms with van der Waals surface area (Å²) >= 11 is 14.5. The monoisotopic (exact) mass is 1000 g/mol. The van der Waals surface area contributed by atoms with Crippen LogP contribution in [0.5, 0.6) is 0 Å². The van der Waals surface area contributed by atoms with Crippen LogP contribution in [0.4, 0.5) is 0 Å². The summed E-state index contributed by atoms with van der Waals surface area (Å²) in [6.45, 7) is 13.3. The molecule has 5 aromatic rings. The zero-order valence-electron chi connectivity index (χ0n) is 28.7. The molecular formula is C40H36AlBr5O4. The maximum Gasteiger partial charge on any atom is 0.542 e. The molecule has 0 aromatic heterocycles. The second-order valence-corrected chi connectivity index (χ2v) is 33.7. The average Bonchev–Trinajstić information content (AvgIpc) is 3.78. The highest BCUT2D eigenvalue weighted by Crippen LogP contribution is 2.39. The van der Waals surface area contributed by atoms with Crippen molar-refractivity contribution >= 4 is 125 Å². The summed E-state index contributed by atoms with van der Waals surface area (Å²) in [5.41, 5.74) is 15.5. The Labute approximate surface area is 335 Å². The maximum absolute atomic E-state index is 11.8. The molecule has 0 fully saturated rings. The van der Waals surface area contributed by atoms with Crippen LogP contribution in [0.25, 0.3) is 21.5 Å². The Balaban J connectivity index is 0.000000151. The number of carbonyl (C=O) groups excluding carboxylic acids is 4. The summed E-state index contributed by atoms with van der Waals surface area (Å²) in [4.78, 5) is 42.9. The fourth-order valence-corrected chi connectivity index (χ4v) is 6.83. The number of hydrogen-bond donors (Lipinski definition) is 0. The van der Waals surface area contributed by atoms with Gasteiger partial charge in [-0.3, -0.25) is 19.2 Å². The molecule has 0 aliphatic heterocycles.